The van der Waals surface area contributed by atoms with E-state index in [1.54, 1.807) is 0 Å². The highest BCUT2D eigenvalue weighted by molar-refractivity contribution is 4.57. The minimum atomic E-state index is 0. The lowest BCUT2D eigenvalue weighted by Crippen LogP contribution is -1.52. The van der Waals surface area contributed by atoms with Crippen LogP contribution < -0.4 is 0 Å². The molecule has 0 atom stereocenters. The molecule has 2 N–H and O–H groups in total. The molecule has 0 radical (unpaired) electrons. The van der Waals surface area contributed by atoms with E-state index in [1.165, 1.54) is 12.5 Å². The third-order valence-corrected chi connectivity index (χ3v) is 0.192. The summed E-state index contributed by atoms with van der Waals surface area (Å²) in [5, 5.41) is 0. The van der Waals surface area contributed by atoms with Crippen LogP contribution in [0.15, 0.2) is 25.7 Å². The second kappa shape index (κ2) is 8.87. The van der Waals surface area contributed by atoms with Crippen LogP contribution in [0.4, 0.5) is 0 Å². The smallest absolute Gasteiger partial charge is 0.0829 e. The molecular weight excluding hydrogens is 80.0 g/mol. The Morgan fingerprint density at radius 2 is 1.50 bits per heavy atom. The minimum absolute atomic E-state index is 0. The van der Waals surface area contributed by atoms with Gasteiger partial charge < -0.3 is 10.2 Å². The van der Waals surface area contributed by atoms with Crippen LogP contribution in [0.3, 0.4) is 0 Å². The van der Waals surface area contributed by atoms with E-state index in [-0.39, 0.29) is 5.48 Å². The summed E-state index contributed by atoms with van der Waals surface area (Å²) in [6, 6.07) is 0. The molecule has 0 saturated heterocycles. The van der Waals surface area contributed by atoms with E-state index in [4.69, 9.17) is 0 Å². The molecule has 0 amide bonds. The summed E-state index contributed by atoms with van der Waals surface area (Å²) >= 11 is 0. The van der Waals surface area contributed by atoms with E-state index in [0.29, 0.717) is 0 Å². The van der Waals surface area contributed by atoms with Gasteiger partial charge in [0, 0.05) is 0 Å². The average molecular weight is 88.1 g/mol. The lowest BCUT2D eigenvalue weighted by molar-refractivity contribution is 0.406. The molecule has 0 aromatic rings. The normalized spacial score (nSPS) is 4.67. The topological polar surface area (TPSA) is 40.7 Å². The van der Waals surface area contributed by atoms with E-state index >= 15 is 0 Å². The van der Waals surface area contributed by atoms with Gasteiger partial charge in [-0.15, -0.1) is 0 Å². The van der Waals surface area contributed by atoms with Gasteiger partial charge in [-0.2, -0.15) is 0 Å². The molecule has 0 aliphatic carbocycles. The number of ether oxygens (including phenoxy) is 1. The van der Waals surface area contributed by atoms with Crippen molar-refractivity contribution in [1.82, 2.24) is 0 Å². The van der Waals surface area contributed by atoms with Gasteiger partial charge >= 0.3 is 0 Å². The molecule has 36 valence electrons. The molecule has 0 aliphatic rings. The SMILES string of the molecule is C=COC=C.O. The molecular formula is C4H8O2. The van der Waals surface area contributed by atoms with Crippen molar-refractivity contribution in [3.05, 3.63) is 25.7 Å². The predicted octanol–water partition coefficient (Wildman–Crippen LogP) is 0.465. The zero-order chi connectivity index (χ0) is 4.12. The van der Waals surface area contributed by atoms with Crippen molar-refractivity contribution >= 4 is 0 Å². The van der Waals surface area contributed by atoms with Gasteiger partial charge in [-0.1, -0.05) is 13.2 Å². The molecule has 0 fully saturated rings. The number of hydrogen-bond donors (Lipinski definition) is 0. The fraction of sp³-hybridized carbons (Fsp3) is 0. The highest BCUT2D eigenvalue weighted by atomic mass is 16.5. The van der Waals surface area contributed by atoms with Gasteiger partial charge in [0.05, 0.1) is 12.5 Å². The largest absolute Gasteiger partial charge is 0.474 e. The van der Waals surface area contributed by atoms with E-state index in [0.717, 1.165) is 0 Å². The van der Waals surface area contributed by atoms with Crippen molar-refractivity contribution in [2.24, 2.45) is 0 Å². The van der Waals surface area contributed by atoms with E-state index in [1.807, 2.05) is 0 Å². The Kier molecular flexibility index (Phi) is 13.3. The maximum Gasteiger partial charge on any atom is 0.0829 e. The lowest BCUT2D eigenvalue weighted by atomic mass is 11.1. The molecule has 0 bridgehead atoms. The minimum Gasteiger partial charge on any atom is -0.474 e. The fourth-order valence-electron chi connectivity index (χ4n) is 0.0680. The van der Waals surface area contributed by atoms with E-state index in [9.17, 15) is 0 Å². The molecule has 0 spiro atoms. The molecule has 0 heterocycles. The van der Waals surface area contributed by atoms with Crippen LogP contribution in [0.5, 0.6) is 0 Å². The Labute approximate surface area is 37.0 Å². The summed E-state index contributed by atoms with van der Waals surface area (Å²) in [5.74, 6) is 0. The molecule has 6 heavy (non-hydrogen) atoms. The molecule has 0 rings (SSSR count). The highest BCUT2D eigenvalue weighted by Crippen LogP contribution is 1.65. The Hall–Kier alpha value is -0.760. The molecule has 0 saturated carbocycles. The lowest BCUT2D eigenvalue weighted by Gasteiger charge is -1.76. The van der Waals surface area contributed by atoms with Crippen molar-refractivity contribution in [2.75, 3.05) is 0 Å². The monoisotopic (exact) mass is 88.1 g/mol. The molecule has 0 aliphatic heterocycles. The van der Waals surface area contributed by atoms with Crippen LogP contribution in [0, 0.1) is 0 Å². The summed E-state index contributed by atoms with van der Waals surface area (Å²) in [6.45, 7) is 6.51. The first-order chi connectivity index (χ1) is 2.41. The third kappa shape index (κ3) is 10.6. The predicted molar refractivity (Wildman–Crippen MR) is 25.1 cm³/mol. The van der Waals surface area contributed by atoms with Crippen LogP contribution in [0.1, 0.15) is 0 Å². The fourth-order valence-corrected chi connectivity index (χ4v) is 0.0680. The standard InChI is InChI=1S/C4H6O.H2O/c1-3-5-4-2;/h3-4H,1-2H2;1H2. The van der Waals surface area contributed by atoms with E-state index < -0.39 is 0 Å². The Morgan fingerprint density at radius 3 is 1.50 bits per heavy atom. The van der Waals surface area contributed by atoms with Crippen molar-refractivity contribution in [3.8, 4) is 0 Å². The van der Waals surface area contributed by atoms with Crippen LogP contribution in [0.25, 0.3) is 0 Å². The maximum absolute atomic E-state index is 4.36. The summed E-state index contributed by atoms with van der Waals surface area (Å²) in [7, 11) is 0. The second-order valence-corrected chi connectivity index (χ2v) is 0.469. The zero-order valence-corrected chi connectivity index (χ0v) is 3.48. The number of rotatable bonds is 2. The Morgan fingerprint density at radius 1 is 1.17 bits per heavy atom. The van der Waals surface area contributed by atoms with Crippen LogP contribution in [0.2, 0.25) is 0 Å². The molecule has 0 aromatic heterocycles. The first kappa shape index (κ1) is 8.97. The molecule has 0 unspecified atom stereocenters. The van der Waals surface area contributed by atoms with Crippen molar-refractivity contribution in [1.29, 1.82) is 0 Å². The van der Waals surface area contributed by atoms with Gasteiger partial charge in [0.1, 0.15) is 0 Å². The van der Waals surface area contributed by atoms with E-state index in [2.05, 4.69) is 17.9 Å². The third-order valence-electron chi connectivity index (χ3n) is 0.192. The second-order valence-electron chi connectivity index (χ2n) is 0.469. The van der Waals surface area contributed by atoms with Gasteiger partial charge in [0.25, 0.3) is 0 Å². The Bertz CT molecular complexity index is 34.8. The summed E-state index contributed by atoms with van der Waals surface area (Å²) in [4.78, 5) is 0. The van der Waals surface area contributed by atoms with Gasteiger partial charge in [-0.05, 0) is 0 Å². The number of hydrogen-bond acceptors (Lipinski definition) is 1. The summed E-state index contributed by atoms with van der Waals surface area (Å²) in [5.41, 5.74) is 0. The molecule has 2 heteroatoms. The van der Waals surface area contributed by atoms with Crippen molar-refractivity contribution in [2.45, 2.75) is 0 Å². The van der Waals surface area contributed by atoms with Gasteiger partial charge in [-0.25, -0.2) is 0 Å². The van der Waals surface area contributed by atoms with Gasteiger partial charge in [0.2, 0.25) is 0 Å². The summed E-state index contributed by atoms with van der Waals surface area (Å²) in [6.07, 6.45) is 2.62. The molecule has 0 aromatic carbocycles. The summed E-state index contributed by atoms with van der Waals surface area (Å²) < 4.78 is 4.36. The highest BCUT2D eigenvalue weighted by Gasteiger charge is 1.45. The first-order valence-electron chi connectivity index (χ1n) is 1.29. The quantitative estimate of drug-likeness (QED) is 0.452. The first-order valence-corrected chi connectivity index (χ1v) is 1.29. The van der Waals surface area contributed by atoms with Crippen molar-refractivity contribution < 1.29 is 10.2 Å². The van der Waals surface area contributed by atoms with Gasteiger partial charge in [0.15, 0.2) is 0 Å². The maximum atomic E-state index is 4.36. The molecule has 2 nitrogen and oxygen atoms in total. The van der Waals surface area contributed by atoms with Crippen molar-refractivity contribution in [3.63, 3.8) is 0 Å². The average Bonchev–Trinajstić information content (AvgIpc) is 1.41. The Balaban J connectivity index is 0. The van der Waals surface area contributed by atoms with Crippen LogP contribution >= 0.6 is 0 Å². The van der Waals surface area contributed by atoms with Crippen LogP contribution in [-0.4, -0.2) is 5.48 Å². The zero-order valence-electron chi connectivity index (χ0n) is 3.48. The van der Waals surface area contributed by atoms with Crippen LogP contribution in [-0.2, 0) is 4.74 Å². The van der Waals surface area contributed by atoms with Gasteiger partial charge in [-0.3, -0.25) is 0 Å².